The fourth-order valence-electron chi connectivity index (χ4n) is 1.85. The molecular weight excluding hydrogens is 279 g/mol. The molecule has 0 aliphatic heterocycles. The minimum absolute atomic E-state index is 0.0859. The molecule has 114 valence electrons. The first-order valence-corrected chi connectivity index (χ1v) is 6.76. The number of carbonyl (C=O) groups excluding carboxylic acids is 1. The molecule has 1 aliphatic carbocycles. The van der Waals surface area contributed by atoms with Crippen LogP contribution in [0.4, 0.5) is 10.1 Å². The summed E-state index contributed by atoms with van der Waals surface area (Å²) in [6, 6.07) is 3.15. The molecule has 1 aliphatic rings. The van der Waals surface area contributed by atoms with Gasteiger partial charge in [0.1, 0.15) is 0 Å². The van der Waals surface area contributed by atoms with E-state index in [1.807, 2.05) is 0 Å². The molecule has 0 spiro atoms. The summed E-state index contributed by atoms with van der Waals surface area (Å²) in [6.45, 7) is 1.53. The number of amides is 1. The predicted molar refractivity (Wildman–Crippen MR) is 73.6 cm³/mol. The molecule has 0 saturated heterocycles. The van der Waals surface area contributed by atoms with E-state index in [4.69, 9.17) is 4.74 Å². The zero-order chi connectivity index (χ0) is 15.4. The Balaban J connectivity index is 1.88. The number of rotatable bonds is 7. The van der Waals surface area contributed by atoms with Crippen LogP contribution < -0.4 is 0 Å². The standard InChI is InChI=1S/C14H17FN2O4/c1-16(6-7-21-9-10-2-3-10)14(18)11-4-5-13(17(19)20)12(15)8-11/h4-5,8,10H,2-3,6-7,9H2,1H3. The molecule has 1 fully saturated rings. The van der Waals surface area contributed by atoms with E-state index in [1.165, 1.54) is 23.8 Å². The number of hydrogen-bond donors (Lipinski definition) is 0. The van der Waals surface area contributed by atoms with Gasteiger partial charge in [-0.05, 0) is 30.9 Å². The summed E-state index contributed by atoms with van der Waals surface area (Å²) in [5, 5.41) is 10.5. The maximum atomic E-state index is 13.5. The highest BCUT2D eigenvalue weighted by atomic mass is 19.1. The Morgan fingerprint density at radius 1 is 1.52 bits per heavy atom. The summed E-state index contributed by atoms with van der Waals surface area (Å²) in [5.74, 6) is -0.738. The van der Waals surface area contributed by atoms with Crippen LogP contribution in [-0.4, -0.2) is 42.5 Å². The zero-order valence-corrected chi connectivity index (χ0v) is 11.8. The number of likely N-dealkylation sites (N-methyl/N-ethyl adjacent to an activating group) is 1. The van der Waals surface area contributed by atoms with Gasteiger partial charge in [0, 0.05) is 31.8 Å². The van der Waals surface area contributed by atoms with Crippen molar-refractivity contribution in [3.63, 3.8) is 0 Å². The molecular formula is C14H17FN2O4. The van der Waals surface area contributed by atoms with E-state index >= 15 is 0 Å². The lowest BCUT2D eigenvalue weighted by Crippen LogP contribution is -2.30. The van der Waals surface area contributed by atoms with Crippen molar-refractivity contribution in [2.75, 3.05) is 26.8 Å². The maximum Gasteiger partial charge on any atom is 0.304 e. The monoisotopic (exact) mass is 296 g/mol. The molecule has 0 heterocycles. The molecule has 0 N–H and O–H groups in total. The summed E-state index contributed by atoms with van der Waals surface area (Å²) < 4.78 is 18.9. The highest BCUT2D eigenvalue weighted by molar-refractivity contribution is 5.94. The number of benzene rings is 1. The van der Waals surface area contributed by atoms with Gasteiger partial charge in [0.15, 0.2) is 0 Å². The molecule has 0 atom stereocenters. The van der Waals surface area contributed by atoms with Crippen molar-refractivity contribution in [1.82, 2.24) is 4.90 Å². The Labute approximate surface area is 121 Å². The Morgan fingerprint density at radius 3 is 2.81 bits per heavy atom. The third-order valence-corrected chi connectivity index (χ3v) is 3.36. The van der Waals surface area contributed by atoms with E-state index in [1.54, 1.807) is 7.05 Å². The number of nitrogens with zero attached hydrogens (tertiary/aromatic N) is 2. The molecule has 1 aromatic rings. The van der Waals surface area contributed by atoms with Gasteiger partial charge in [0.25, 0.3) is 5.91 Å². The molecule has 0 bridgehead atoms. The van der Waals surface area contributed by atoms with Crippen LogP contribution in [0.25, 0.3) is 0 Å². The van der Waals surface area contributed by atoms with Gasteiger partial charge >= 0.3 is 5.69 Å². The topological polar surface area (TPSA) is 72.7 Å². The van der Waals surface area contributed by atoms with Crippen LogP contribution >= 0.6 is 0 Å². The third-order valence-electron chi connectivity index (χ3n) is 3.36. The molecule has 6 nitrogen and oxygen atoms in total. The molecule has 0 unspecified atom stereocenters. The minimum atomic E-state index is -1.01. The largest absolute Gasteiger partial charge is 0.379 e. The second kappa shape index (κ2) is 6.62. The zero-order valence-electron chi connectivity index (χ0n) is 11.8. The number of nitro groups is 1. The third kappa shape index (κ3) is 4.22. The van der Waals surface area contributed by atoms with E-state index in [9.17, 15) is 19.3 Å². The molecule has 7 heteroatoms. The second-order valence-corrected chi connectivity index (χ2v) is 5.17. The number of halogens is 1. The van der Waals surface area contributed by atoms with Crippen molar-refractivity contribution in [2.24, 2.45) is 5.92 Å². The first-order valence-electron chi connectivity index (χ1n) is 6.76. The molecule has 1 amide bonds. The van der Waals surface area contributed by atoms with Gasteiger partial charge in [0.05, 0.1) is 11.5 Å². The van der Waals surface area contributed by atoms with Gasteiger partial charge in [-0.1, -0.05) is 0 Å². The van der Waals surface area contributed by atoms with Crippen LogP contribution in [0.3, 0.4) is 0 Å². The van der Waals surface area contributed by atoms with Crippen LogP contribution in [0.1, 0.15) is 23.2 Å². The molecule has 0 aromatic heterocycles. The molecule has 21 heavy (non-hydrogen) atoms. The van der Waals surface area contributed by atoms with E-state index in [0.29, 0.717) is 25.7 Å². The minimum Gasteiger partial charge on any atom is -0.379 e. The smallest absolute Gasteiger partial charge is 0.304 e. The molecule has 2 rings (SSSR count). The maximum absolute atomic E-state index is 13.5. The van der Waals surface area contributed by atoms with Crippen molar-refractivity contribution >= 4 is 11.6 Å². The van der Waals surface area contributed by atoms with Gasteiger partial charge in [0.2, 0.25) is 5.82 Å². The quantitative estimate of drug-likeness (QED) is 0.439. The van der Waals surface area contributed by atoms with Crippen LogP contribution in [0.15, 0.2) is 18.2 Å². The van der Waals surface area contributed by atoms with E-state index < -0.39 is 16.4 Å². The SMILES string of the molecule is CN(CCOCC1CC1)C(=O)c1ccc([N+](=O)[O-])c(F)c1. The Morgan fingerprint density at radius 2 is 2.24 bits per heavy atom. The highest BCUT2D eigenvalue weighted by Crippen LogP contribution is 2.28. The van der Waals surface area contributed by atoms with Gasteiger partial charge in [-0.2, -0.15) is 4.39 Å². The lowest BCUT2D eigenvalue weighted by Gasteiger charge is -2.17. The molecule has 1 aromatic carbocycles. The first kappa shape index (κ1) is 15.4. The number of ether oxygens (including phenoxy) is 1. The van der Waals surface area contributed by atoms with E-state index in [0.717, 1.165) is 12.1 Å². The average molecular weight is 296 g/mol. The van der Waals surface area contributed by atoms with Crippen molar-refractivity contribution in [1.29, 1.82) is 0 Å². The summed E-state index contributed by atoms with van der Waals surface area (Å²) in [4.78, 5) is 23.2. The Bertz CT molecular complexity index is 546. The Hall–Kier alpha value is -2.02. The van der Waals surface area contributed by atoms with Gasteiger partial charge in [-0.25, -0.2) is 0 Å². The number of carbonyl (C=O) groups is 1. The van der Waals surface area contributed by atoms with Crippen LogP contribution in [0.5, 0.6) is 0 Å². The van der Waals surface area contributed by atoms with Crippen molar-refractivity contribution in [3.8, 4) is 0 Å². The van der Waals surface area contributed by atoms with Gasteiger partial charge in [-0.15, -0.1) is 0 Å². The molecule has 0 radical (unpaired) electrons. The summed E-state index contributed by atoms with van der Waals surface area (Å²) in [6.07, 6.45) is 2.41. The normalized spacial score (nSPS) is 14.0. The van der Waals surface area contributed by atoms with Gasteiger partial charge < -0.3 is 9.64 Å². The molecule has 1 saturated carbocycles. The predicted octanol–water partition coefficient (Wildman–Crippen LogP) is 2.23. The second-order valence-electron chi connectivity index (χ2n) is 5.17. The highest BCUT2D eigenvalue weighted by Gasteiger charge is 2.21. The lowest BCUT2D eigenvalue weighted by atomic mass is 10.1. The fourth-order valence-corrected chi connectivity index (χ4v) is 1.85. The average Bonchev–Trinajstić information content (AvgIpc) is 3.26. The van der Waals surface area contributed by atoms with E-state index in [2.05, 4.69) is 0 Å². The van der Waals surface area contributed by atoms with Crippen LogP contribution in [0.2, 0.25) is 0 Å². The fraction of sp³-hybridized carbons (Fsp3) is 0.500. The number of nitro benzene ring substituents is 1. The number of hydrogen-bond acceptors (Lipinski definition) is 4. The van der Waals surface area contributed by atoms with E-state index in [-0.39, 0.29) is 11.5 Å². The van der Waals surface area contributed by atoms with Crippen LogP contribution in [-0.2, 0) is 4.74 Å². The lowest BCUT2D eigenvalue weighted by molar-refractivity contribution is -0.387. The summed E-state index contributed by atoms with van der Waals surface area (Å²) >= 11 is 0. The van der Waals surface area contributed by atoms with Gasteiger partial charge in [-0.3, -0.25) is 14.9 Å². The van der Waals surface area contributed by atoms with Crippen molar-refractivity contribution in [3.05, 3.63) is 39.7 Å². The summed E-state index contributed by atoms with van der Waals surface area (Å²) in [7, 11) is 1.59. The van der Waals surface area contributed by atoms with Crippen LogP contribution in [0, 0.1) is 21.8 Å². The van der Waals surface area contributed by atoms with Crippen molar-refractivity contribution in [2.45, 2.75) is 12.8 Å². The first-order chi connectivity index (χ1) is 9.99. The Kier molecular flexibility index (Phi) is 4.85. The van der Waals surface area contributed by atoms with Crippen molar-refractivity contribution < 1.29 is 18.8 Å². The summed E-state index contributed by atoms with van der Waals surface area (Å²) in [5.41, 5.74) is -0.551.